The minimum absolute atomic E-state index is 0.162. The summed E-state index contributed by atoms with van der Waals surface area (Å²) in [7, 11) is 0. The Morgan fingerprint density at radius 2 is 1.73 bits per heavy atom. The van der Waals surface area contributed by atoms with Crippen molar-refractivity contribution in [1.29, 1.82) is 0 Å². The van der Waals surface area contributed by atoms with Crippen LogP contribution < -0.4 is 5.32 Å². The maximum absolute atomic E-state index is 3.76. The second-order valence-corrected chi connectivity index (χ2v) is 5.66. The number of hydrogen-bond donors (Lipinski definition) is 1. The first-order chi connectivity index (χ1) is 6.93. The van der Waals surface area contributed by atoms with Gasteiger partial charge < -0.3 is 5.32 Å². The molecule has 1 nitrogen and oxygen atoms in total. The summed E-state index contributed by atoms with van der Waals surface area (Å²) >= 11 is 0. The fraction of sp³-hybridized carbons (Fsp3) is 0.571. The van der Waals surface area contributed by atoms with Crippen molar-refractivity contribution < 1.29 is 0 Å². The molecular weight excluding hydrogens is 182 g/mol. The molecule has 1 unspecified atom stereocenters. The van der Waals surface area contributed by atoms with Gasteiger partial charge in [-0.2, -0.15) is 0 Å². The van der Waals surface area contributed by atoms with Gasteiger partial charge in [0.2, 0.25) is 0 Å². The normalized spacial score (nSPS) is 29.3. The van der Waals surface area contributed by atoms with E-state index in [0.717, 1.165) is 0 Å². The van der Waals surface area contributed by atoms with E-state index in [0.29, 0.717) is 0 Å². The van der Waals surface area contributed by atoms with Crippen LogP contribution in [0.15, 0.2) is 24.3 Å². The third kappa shape index (κ3) is 1.93. The Hall–Kier alpha value is -0.820. The third-order valence-corrected chi connectivity index (χ3v) is 3.60. The lowest BCUT2D eigenvalue weighted by molar-refractivity contribution is 0.352. The zero-order valence-corrected chi connectivity index (χ0v) is 10.2. The summed E-state index contributed by atoms with van der Waals surface area (Å²) in [5, 5.41) is 3.76. The lowest BCUT2D eigenvalue weighted by Gasteiger charge is -2.30. The van der Waals surface area contributed by atoms with Gasteiger partial charge in [0.25, 0.3) is 0 Å². The molecule has 0 radical (unpaired) electrons. The average Bonchev–Trinajstić information content (AvgIpc) is 2.42. The minimum atomic E-state index is 0.162. The van der Waals surface area contributed by atoms with E-state index in [1.165, 1.54) is 24.0 Å². The topological polar surface area (TPSA) is 12.0 Å². The number of aryl methyl sites for hydroxylation is 1. The van der Waals surface area contributed by atoms with Gasteiger partial charge in [0.1, 0.15) is 0 Å². The zero-order valence-electron chi connectivity index (χ0n) is 10.2. The Bertz CT molecular complexity index is 367. The summed E-state index contributed by atoms with van der Waals surface area (Å²) in [6.45, 7) is 9.10. The van der Waals surface area contributed by atoms with E-state index in [9.17, 15) is 0 Å². The van der Waals surface area contributed by atoms with Crippen molar-refractivity contribution in [1.82, 2.24) is 5.32 Å². The van der Waals surface area contributed by atoms with E-state index in [2.05, 4.69) is 57.3 Å². The standard InChI is InChI=1S/C14H21N/c1-11-7-5-6-8-12(11)14(4)10-9-13(2,3)15-14/h5-8,15H,9-10H2,1-4H3. The molecule has 1 aliphatic rings. The van der Waals surface area contributed by atoms with E-state index >= 15 is 0 Å². The van der Waals surface area contributed by atoms with Crippen LogP contribution in [0.1, 0.15) is 44.7 Å². The molecule has 0 bridgehead atoms. The molecule has 0 amide bonds. The molecule has 0 aliphatic carbocycles. The van der Waals surface area contributed by atoms with Gasteiger partial charge in [-0.1, -0.05) is 24.3 Å². The largest absolute Gasteiger partial charge is 0.303 e. The summed E-state index contributed by atoms with van der Waals surface area (Å²) in [4.78, 5) is 0. The number of nitrogens with one attached hydrogen (secondary N) is 1. The summed E-state index contributed by atoms with van der Waals surface area (Å²) < 4.78 is 0. The lowest BCUT2D eigenvalue weighted by Crippen LogP contribution is -2.43. The molecule has 1 aromatic carbocycles. The second kappa shape index (κ2) is 3.34. The highest BCUT2D eigenvalue weighted by Gasteiger charge is 2.40. The molecule has 0 aromatic heterocycles. The van der Waals surface area contributed by atoms with Crippen LogP contribution in [0.5, 0.6) is 0 Å². The van der Waals surface area contributed by atoms with Crippen LogP contribution in [-0.4, -0.2) is 5.54 Å². The van der Waals surface area contributed by atoms with Gasteiger partial charge >= 0.3 is 0 Å². The monoisotopic (exact) mass is 203 g/mol. The molecular formula is C14H21N. The number of rotatable bonds is 1. The van der Waals surface area contributed by atoms with Crippen molar-refractivity contribution in [3.63, 3.8) is 0 Å². The van der Waals surface area contributed by atoms with Crippen molar-refractivity contribution in [3.05, 3.63) is 35.4 Å². The molecule has 82 valence electrons. The molecule has 1 heterocycles. The molecule has 15 heavy (non-hydrogen) atoms. The van der Waals surface area contributed by atoms with Crippen molar-refractivity contribution in [3.8, 4) is 0 Å². The fourth-order valence-electron chi connectivity index (χ4n) is 2.83. The highest BCUT2D eigenvalue weighted by atomic mass is 15.1. The van der Waals surface area contributed by atoms with Crippen molar-refractivity contribution in [2.75, 3.05) is 0 Å². The molecule has 1 fully saturated rings. The molecule has 1 heteroatoms. The van der Waals surface area contributed by atoms with Crippen LogP contribution in [0.2, 0.25) is 0 Å². The van der Waals surface area contributed by atoms with Crippen molar-refractivity contribution >= 4 is 0 Å². The third-order valence-electron chi connectivity index (χ3n) is 3.60. The molecule has 1 saturated heterocycles. The SMILES string of the molecule is Cc1ccccc1C1(C)CCC(C)(C)N1. The van der Waals surface area contributed by atoms with Crippen LogP contribution in [0.3, 0.4) is 0 Å². The molecule has 2 rings (SSSR count). The molecule has 0 spiro atoms. The first-order valence-corrected chi connectivity index (χ1v) is 5.78. The van der Waals surface area contributed by atoms with Gasteiger partial charge in [0.15, 0.2) is 0 Å². The quantitative estimate of drug-likeness (QED) is 0.738. The lowest BCUT2D eigenvalue weighted by atomic mass is 9.87. The Morgan fingerprint density at radius 1 is 1.07 bits per heavy atom. The molecule has 1 aromatic rings. The average molecular weight is 203 g/mol. The summed E-state index contributed by atoms with van der Waals surface area (Å²) in [6.07, 6.45) is 2.47. The fourth-order valence-corrected chi connectivity index (χ4v) is 2.83. The predicted molar refractivity (Wildman–Crippen MR) is 65.0 cm³/mol. The van der Waals surface area contributed by atoms with Crippen molar-refractivity contribution in [2.24, 2.45) is 0 Å². The smallest absolute Gasteiger partial charge is 0.0413 e. The summed E-state index contributed by atoms with van der Waals surface area (Å²) in [5.74, 6) is 0. The van der Waals surface area contributed by atoms with Gasteiger partial charge in [0.05, 0.1) is 0 Å². The van der Waals surface area contributed by atoms with E-state index in [1.807, 2.05) is 0 Å². The van der Waals surface area contributed by atoms with E-state index in [4.69, 9.17) is 0 Å². The van der Waals surface area contributed by atoms with E-state index in [-0.39, 0.29) is 11.1 Å². The van der Waals surface area contributed by atoms with Gasteiger partial charge in [0, 0.05) is 11.1 Å². The molecule has 1 N–H and O–H groups in total. The van der Waals surface area contributed by atoms with Crippen LogP contribution in [0, 0.1) is 6.92 Å². The summed E-state index contributed by atoms with van der Waals surface area (Å²) in [5.41, 5.74) is 3.28. The highest BCUT2D eigenvalue weighted by Crippen LogP contribution is 2.38. The molecule has 1 aliphatic heterocycles. The van der Waals surface area contributed by atoms with Gasteiger partial charge in [-0.15, -0.1) is 0 Å². The zero-order chi connectivity index (χ0) is 11.1. The minimum Gasteiger partial charge on any atom is -0.303 e. The van der Waals surface area contributed by atoms with Crippen LogP contribution in [-0.2, 0) is 5.54 Å². The van der Waals surface area contributed by atoms with Crippen LogP contribution >= 0.6 is 0 Å². The predicted octanol–water partition coefficient (Wildman–Crippen LogP) is 3.37. The number of hydrogen-bond acceptors (Lipinski definition) is 1. The first kappa shape index (κ1) is 10.7. The van der Waals surface area contributed by atoms with Crippen LogP contribution in [0.4, 0.5) is 0 Å². The van der Waals surface area contributed by atoms with E-state index < -0.39 is 0 Å². The first-order valence-electron chi connectivity index (χ1n) is 5.78. The molecule has 0 saturated carbocycles. The van der Waals surface area contributed by atoms with Gasteiger partial charge in [-0.3, -0.25) is 0 Å². The maximum Gasteiger partial charge on any atom is 0.0413 e. The second-order valence-electron chi connectivity index (χ2n) is 5.66. The Morgan fingerprint density at radius 3 is 2.27 bits per heavy atom. The maximum atomic E-state index is 3.76. The highest BCUT2D eigenvalue weighted by molar-refractivity contribution is 5.33. The summed E-state index contributed by atoms with van der Waals surface area (Å²) in [6, 6.07) is 8.71. The van der Waals surface area contributed by atoms with Crippen LogP contribution in [0.25, 0.3) is 0 Å². The number of benzene rings is 1. The van der Waals surface area contributed by atoms with Gasteiger partial charge in [-0.05, 0) is 51.7 Å². The Kier molecular flexibility index (Phi) is 2.38. The van der Waals surface area contributed by atoms with E-state index in [1.54, 1.807) is 0 Å². The van der Waals surface area contributed by atoms with Gasteiger partial charge in [-0.25, -0.2) is 0 Å². The Balaban J connectivity index is 2.36. The van der Waals surface area contributed by atoms with Crippen molar-refractivity contribution in [2.45, 2.75) is 51.6 Å². The molecule has 1 atom stereocenters. The Labute approximate surface area is 92.9 Å².